The molecule has 7 nitrogen and oxygen atoms in total. The van der Waals surface area contributed by atoms with Crippen molar-refractivity contribution < 1.29 is 4.79 Å². The second-order valence-electron chi connectivity index (χ2n) is 10.9. The van der Waals surface area contributed by atoms with E-state index in [0.717, 1.165) is 23.2 Å². The van der Waals surface area contributed by atoms with Crippen molar-refractivity contribution in [1.82, 2.24) is 19.8 Å². The zero-order valence-electron chi connectivity index (χ0n) is 24.4. The smallest absolute Gasteiger partial charge is 0.226 e. The standard InChI is InChI=1S/C33H33Cl3N6OS/c1-22(2)14-26(39-31(43)15-27-17-38-21-42(27)18-24-12-10-23(16-37)11-13-24)20-41(19-25-6-5-8-29(35)32(25)36)33(44)40-30-9-4-3-7-28(30)34/h3-13,17,21-22,26H,14-15,18-20H2,1-2H3,(H,39,43)(H,40,44)/t26-/m0/s1. The van der Waals surface area contributed by atoms with E-state index >= 15 is 0 Å². The lowest BCUT2D eigenvalue weighted by Gasteiger charge is -2.32. The predicted molar refractivity (Wildman–Crippen MR) is 182 cm³/mol. The fraction of sp³-hybridized carbons (Fsp3) is 0.273. The van der Waals surface area contributed by atoms with Crippen LogP contribution in [-0.4, -0.2) is 38.1 Å². The molecule has 11 heteroatoms. The van der Waals surface area contributed by atoms with Crippen molar-refractivity contribution in [3.05, 3.63) is 117 Å². The normalized spacial score (nSPS) is 11.6. The number of anilines is 1. The Morgan fingerprint density at radius 2 is 1.77 bits per heavy atom. The van der Waals surface area contributed by atoms with Crippen LogP contribution < -0.4 is 10.6 Å². The lowest BCUT2D eigenvalue weighted by atomic mass is 10.0. The largest absolute Gasteiger partial charge is 0.351 e. The van der Waals surface area contributed by atoms with Crippen molar-refractivity contribution in [1.29, 1.82) is 5.26 Å². The molecule has 0 aliphatic rings. The summed E-state index contributed by atoms with van der Waals surface area (Å²) in [6.45, 7) is 5.57. The molecule has 0 radical (unpaired) electrons. The molecule has 0 spiro atoms. The Hall–Kier alpha value is -3.61. The Morgan fingerprint density at radius 1 is 1.05 bits per heavy atom. The molecular weight excluding hydrogens is 635 g/mol. The van der Waals surface area contributed by atoms with Crippen LogP contribution in [0.4, 0.5) is 5.69 Å². The molecule has 0 bridgehead atoms. The maximum atomic E-state index is 13.4. The van der Waals surface area contributed by atoms with Crippen molar-refractivity contribution in [2.24, 2.45) is 5.92 Å². The summed E-state index contributed by atoms with van der Waals surface area (Å²) in [5, 5.41) is 17.5. The number of amides is 1. The zero-order chi connectivity index (χ0) is 31.6. The highest BCUT2D eigenvalue weighted by Crippen LogP contribution is 2.28. The summed E-state index contributed by atoms with van der Waals surface area (Å²) >= 11 is 25.2. The van der Waals surface area contributed by atoms with Gasteiger partial charge in [0.1, 0.15) is 0 Å². The van der Waals surface area contributed by atoms with Gasteiger partial charge in [0, 0.05) is 37.6 Å². The number of rotatable bonds is 12. The number of nitrogens with one attached hydrogen (secondary N) is 2. The quantitative estimate of drug-likeness (QED) is 0.150. The third-order valence-corrected chi connectivity index (χ3v) is 8.48. The Kier molecular flexibility index (Phi) is 12.0. The van der Waals surface area contributed by atoms with Crippen LogP contribution in [0.5, 0.6) is 0 Å². The number of carbonyl (C=O) groups is 1. The third-order valence-electron chi connectivity index (χ3n) is 6.93. The SMILES string of the molecule is CC(C)C[C@@H](CN(Cc1cccc(Cl)c1Cl)C(=S)Nc1ccccc1Cl)NC(=O)Cc1cncn1Cc1ccc(C#N)cc1. The number of carbonyl (C=O) groups excluding carboxylic acids is 1. The molecule has 0 aliphatic heterocycles. The van der Waals surface area contributed by atoms with Crippen LogP contribution in [-0.2, 0) is 24.3 Å². The van der Waals surface area contributed by atoms with Crippen molar-refractivity contribution in [2.45, 2.75) is 45.8 Å². The van der Waals surface area contributed by atoms with Gasteiger partial charge in [-0.1, -0.05) is 85.0 Å². The van der Waals surface area contributed by atoms with Gasteiger partial charge < -0.3 is 20.1 Å². The molecule has 2 N–H and O–H groups in total. The number of nitriles is 1. The van der Waals surface area contributed by atoms with E-state index in [0.29, 0.717) is 57.0 Å². The molecule has 0 fully saturated rings. The van der Waals surface area contributed by atoms with Crippen molar-refractivity contribution >= 4 is 63.7 Å². The first kappa shape index (κ1) is 33.3. The topological polar surface area (TPSA) is 86.0 Å². The molecule has 1 atom stereocenters. The minimum Gasteiger partial charge on any atom is -0.351 e. The highest BCUT2D eigenvalue weighted by atomic mass is 35.5. The number of thiocarbonyl (C=S) groups is 1. The van der Waals surface area contributed by atoms with E-state index in [1.807, 2.05) is 51.9 Å². The molecule has 0 saturated heterocycles. The van der Waals surface area contributed by atoms with Crippen LogP contribution in [0.15, 0.2) is 79.3 Å². The molecule has 1 aromatic heterocycles. The molecule has 228 valence electrons. The number of halogens is 3. The van der Waals surface area contributed by atoms with Crippen molar-refractivity contribution in [2.75, 3.05) is 11.9 Å². The molecule has 1 heterocycles. The minimum atomic E-state index is -0.221. The molecule has 0 unspecified atom stereocenters. The zero-order valence-corrected chi connectivity index (χ0v) is 27.5. The first-order chi connectivity index (χ1) is 21.1. The average Bonchev–Trinajstić information content (AvgIpc) is 3.42. The lowest BCUT2D eigenvalue weighted by Crippen LogP contribution is -2.47. The Morgan fingerprint density at radius 3 is 2.48 bits per heavy atom. The van der Waals surface area contributed by atoms with Gasteiger partial charge in [0.2, 0.25) is 5.91 Å². The van der Waals surface area contributed by atoms with E-state index < -0.39 is 0 Å². The fourth-order valence-electron chi connectivity index (χ4n) is 4.83. The van der Waals surface area contributed by atoms with Gasteiger partial charge in [0.15, 0.2) is 5.11 Å². The number of hydrogen-bond donors (Lipinski definition) is 2. The molecule has 44 heavy (non-hydrogen) atoms. The number of benzene rings is 3. The van der Waals surface area contributed by atoms with Gasteiger partial charge in [-0.2, -0.15) is 5.26 Å². The summed E-state index contributed by atoms with van der Waals surface area (Å²) in [7, 11) is 0. The molecule has 0 aliphatic carbocycles. The number of para-hydroxylation sites is 1. The monoisotopic (exact) mass is 666 g/mol. The molecular formula is C33H33Cl3N6OS. The maximum Gasteiger partial charge on any atom is 0.226 e. The molecule has 4 aromatic rings. The first-order valence-electron chi connectivity index (χ1n) is 14.1. The van der Waals surface area contributed by atoms with Gasteiger partial charge in [-0.15, -0.1) is 0 Å². The highest BCUT2D eigenvalue weighted by Gasteiger charge is 2.22. The second kappa shape index (κ2) is 15.9. The van der Waals surface area contributed by atoms with Gasteiger partial charge in [-0.3, -0.25) is 4.79 Å². The summed E-state index contributed by atoms with van der Waals surface area (Å²) in [6, 6.07) is 22.1. The molecule has 4 rings (SSSR count). The van der Waals surface area contributed by atoms with Gasteiger partial charge in [0.25, 0.3) is 0 Å². The highest BCUT2D eigenvalue weighted by molar-refractivity contribution is 7.80. The van der Waals surface area contributed by atoms with Crippen molar-refractivity contribution in [3.63, 3.8) is 0 Å². The molecule has 3 aromatic carbocycles. The van der Waals surface area contributed by atoms with Crippen LogP contribution in [0.2, 0.25) is 15.1 Å². The second-order valence-corrected chi connectivity index (χ2v) is 12.5. The Bertz CT molecular complexity index is 1630. The van der Waals surface area contributed by atoms with E-state index in [1.54, 1.807) is 36.8 Å². The van der Waals surface area contributed by atoms with Gasteiger partial charge >= 0.3 is 0 Å². The number of nitrogens with zero attached hydrogens (tertiary/aromatic N) is 4. The molecule has 1 amide bonds. The minimum absolute atomic E-state index is 0.122. The fourth-order valence-corrected chi connectivity index (χ4v) is 5.64. The van der Waals surface area contributed by atoms with Gasteiger partial charge in [0.05, 0.1) is 45.1 Å². The number of aromatic nitrogens is 2. The summed E-state index contributed by atoms with van der Waals surface area (Å²) in [6.07, 6.45) is 4.30. The maximum absolute atomic E-state index is 13.4. The van der Waals surface area contributed by atoms with Crippen LogP contribution >= 0.6 is 47.0 Å². The van der Waals surface area contributed by atoms with Crippen LogP contribution in [0, 0.1) is 17.2 Å². The summed E-state index contributed by atoms with van der Waals surface area (Å²) in [5.74, 6) is 0.187. The summed E-state index contributed by atoms with van der Waals surface area (Å²) in [5.41, 5.74) is 3.89. The summed E-state index contributed by atoms with van der Waals surface area (Å²) in [4.78, 5) is 19.7. The predicted octanol–water partition coefficient (Wildman–Crippen LogP) is 7.74. The van der Waals surface area contributed by atoms with E-state index in [9.17, 15) is 4.79 Å². The third kappa shape index (κ3) is 9.44. The number of imidazole rings is 1. The van der Waals surface area contributed by atoms with E-state index in [4.69, 9.17) is 52.3 Å². The number of hydrogen-bond acceptors (Lipinski definition) is 4. The lowest BCUT2D eigenvalue weighted by molar-refractivity contribution is -0.121. The van der Waals surface area contributed by atoms with E-state index in [2.05, 4.69) is 35.5 Å². The van der Waals surface area contributed by atoms with Gasteiger partial charge in [-0.05, 0) is 66.0 Å². The van der Waals surface area contributed by atoms with Crippen molar-refractivity contribution in [3.8, 4) is 6.07 Å². The van der Waals surface area contributed by atoms with E-state index in [1.165, 1.54) is 0 Å². The average molecular weight is 668 g/mol. The first-order valence-corrected chi connectivity index (χ1v) is 15.7. The van der Waals surface area contributed by atoms with Crippen LogP contribution in [0.1, 0.15) is 42.7 Å². The Labute approximate surface area is 278 Å². The van der Waals surface area contributed by atoms with Crippen LogP contribution in [0.3, 0.4) is 0 Å². The van der Waals surface area contributed by atoms with Gasteiger partial charge in [-0.25, -0.2) is 4.98 Å². The molecule has 0 saturated carbocycles. The Balaban J connectivity index is 1.51. The van der Waals surface area contributed by atoms with Crippen LogP contribution in [0.25, 0.3) is 0 Å². The summed E-state index contributed by atoms with van der Waals surface area (Å²) < 4.78 is 1.94. The van der Waals surface area contributed by atoms with E-state index in [-0.39, 0.29) is 18.4 Å².